The van der Waals surface area contributed by atoms with E-state index >= 15 is 0 Å². The first-order chi connectivity index (χ1) is 8.40. The Morgan fingerprint density at radius 1 is 1.22 bits per heavy atom. The number of halogens is 2. The molecule has 1 saturated heterocycles. The highest BCUT2D eigenvalue weighted by Gasteiger charge is 2.33. The zero-order valence-corrected chi connectivity index (χ0v) is 9.31. The molecule has 1 aliphatic rings. The minimum absolute atomic E-state index is 0.0710. The van der Waals surface area contributed by atoms with E-state index in [2.05, 4.69) is 0 Å². The van der Waals surface area contributed by atoms with E-state index in [0.717, 1.165) is 11.0 Å². The highest BCUT2D eigenvalue weighted by Crippen LogP contribution is 2.21. The van der Waals surface area contributed by atoms with Crippen LogP contribution in [-0.4, -0.2) is 46.3 Å². The summed E-state index contributed by atoms with van der Waals surface area (Å²) in [6.45, 7) is -0.142. The SMILES string of the molecule is Nc1cc(F)c(F)cc1C(=O)N1CC(O)C(O)C1. The molecule has 7 heteroatoms. The van der Waals surface area contributed by atoms with Crippen LogP contribution in [0.5, 0.6) is 0 Å². The van der Waals surface area contributed by atoms with Crippen molar-refractivity contribution in [3.05, 3.63) is 29.3 Å². The maximum atomic E-state index is 13.1. The number of β-amino-alcohol motifs (C(OH)–C–C–N with tert-alkyl or cyclic N) is 2. The average Bonchev–Trinajstić information content (AvgIpc) is 2.63. The van der Waals surface area contributed by atoms with Gasteiger partial charge in [0.25, 0.3) is 5.91 Å². The van der Waals surface area contributed by atoms with Crippen molar-refractivity contribution in [1.29, 1.82) is 0 Å². The van der Waals surface area contributed by atoms with Gasteiger partial charge in [-0.2, -0.15) is 0 Å². The average molecular weight is 258 g/mol. The molecular formula is C11H12F2N2O3. The summed E-state index contributed by atoms with van der Waals surface area (Å²) in [4.78, 5) is 13.1. The van der Waals surface area contributed by atoms with Crippen LogP contribution in [0, 0.1) is 11.6 Å². The number of hydrogen-bond donors (Lipinski definition) is 3. The third-order valence-corrected chi connectivity index (χ3v) is 2.87. The minimum atomic E-state index is -1.17. The third kappa shape index (κ3) is 2.14. The van der Waals surface area contributed by atoms with Gasteiger partial charge in [0.1, 0.15) is 0 Å². The maximum absolute atomic E-state index is 13.1. The van der Waals surface area contributed by atoms with E-state index in [9.17, 15) is 23.8 Å². The Morgan fingerprint density at radius 2 is 1.72 bits per heavy atom. The van der Waals surface area contributed by atoms with Crippen molar-refractivity contribution < 1.29 is 23.8 Å². The summed E-state index contributed by atoms with van der Waals surface area (Å²) in [6, 6.07) is 1.44. The van der Waals surface area contributed by atoms with Crippen LogP contribution in [0.1, 0.15) is 10.4 Å². The molecule has 0 radical (unpaired) electrons. The number of benzene rings is 1. The van der Waals surface area contributed by atoms with Crippen molar-refractivity contribution in [2.75, 3.05) is 18.8 Å². The lowest BCUT2D eigenvalue weighted by Gasteiger charge is -2.16. The standard InChI is InChI=1S/C11H12F2N2O3/c12-6-1-5(8(14)2-7(6)13)11(18)15-3-9(16)10(17)4-15/h1-2,9-10,16-17H,3-4,14H2. The zero-order chi connectivity index (χ0) is 13.4. The van der Waals surface area contributed by atoms with Crippen LogP contribution in [0.2, 0.25) is 0 Å². The molecule has 0 bridgehead atoms. The Kier molecular flexibility index (Phi) is 3.18. The van der Waals surface area contributed by atoms with Gasteiger partial charge in [0, 0.05) is 24.8 Å². The number of likely N-dealkylation sites (tertiary alicyclic amines) is 1. The van der Waals surface area contributed by atoms with Gasteiger partial charge in [-0.05, 0) is 6.07 Å². The molecule has 2 atom stereocenters. The molecule has 5 nitrogen and oxygen atoms in total. The number of nitrogens with zero attached hydrogens (tertiary/aromatic N) is 1. The Labute approximate surface area is 101 Å². The van der Waals surface area contributed by atoms with Gasteiger partial charge in [-0.1, -0.05) is 0 Å². The number of aliphatic hydroxyl groups excluding tert-OH is 2. The van der Waals surface area contributed by atoms with Gasteiger partial charge < -0.3 is 20.8 Å². The minimum Gasteiger partial charge on any atom is -0.398 e. The Balaban J connectivity index is 2.27. The van der Waals surface area contributed by atoms with E-state index in [1.807, 2.05) is 0 Å². The number of carbonyl (C=O) groups excluding carboxylic acids is 1. The summed E-state index contributed by atoms with van der Waals surface area (Å²) in [6.07, 6.45) is -2.08. The van der Waals surface area contributed by atoms with Crippen LogP contribution in [0.3, 0.4) is 0 Å². The van der Waals surface area contributed by atoms with Gasteiger partial charge in [0.05, 0.1) is 17.8 Å². The second kappa shape index (κ2) is 4.51. The smallest absolute Gasteiger partial charge is 0.256 e. The molecule has 0 saturated carbocycles. The van der Waals surface area contributed by atoms with Gasteiger partial charge in [0.15, 0.2) is 11.6 Å². The predicted octanol–water partition coefficient (Wildman–Crippen LogP) is -0.275. The fraction of sp³-hybridized carbons (Fsp3) is 0.364. The summed E-state index contributed by atoms with van der Waals surface area (Å²) >= 11 is 0. The van der Waals surface area contributed by atoms with E-state index in [-0.39, 0.29) is 24.3 Å². The van der Waals surface area contributed by atoms with Crippen LogP contribution in [0.4, 0.5) is 14.5 Å². The van der Waals surface area contributed by atoms with Crippen LogP contribution < -0.4 is 5.73 Å². The quantitative estimate of drug-likeness (QED) is 0.605. The van der Waals surface area contributed by atoms with Crippen molar-refractivity contribution in [2.45, 2.75) is 12.2 Å². The molecular weight excluding hydrogens is 246 g/mol. The second-order valence-corrected chi connectivity index (χ2v) is 4.20. The van der Waals surface area contributed by atoms with Gasteiger partial charge >= 0.3 is 0 Å². The van der Waals surface area contributed by atoms with Gasteiger partial charge in [-0.3, -0.25) is 4.79 Å². The largest absolute Gasteiger partial charge is 0.398 e. The lowest BCUT2D eigenvalue weighted by molar-refractivity contribution is 0.0572. The Hall–Kier alpha value is -1.73. The lowest BCUT2D eigenvalue weighted by atomic mass is 10.1. The Bertz CT molecular complexity index is 485. The normalized spacial score (nSPS) is 23.4. The zero-order valence-electron chi connectivity index (χ0n) is 9.31. The first kappa shape index (κ1) is 12.7. The molecule has 2 rings (SSSR count). The molecule has 0 aromatic heterocycles. The molecule has 18 heavy (non-hydrogen) atoms. The maximum Gasteiger partial charge on any atom is 0.256 e. The number of hydrogen-bond acceptors (Lipinski definition) is 4. The third-order valence-electron chi connectivity index (χ3n) is 2.87. The van der Waals surface area contributed by atoms with E-state index in [0.29, 0.717) is 6.07 Å². The molecule has 1 fully saturated rings. The first-order valence-electron chi connectivity index (χ1n) is 5.30. The van der Waals surface area contributed by atoms with Crippen molar-refractivity contribution in [3.8, 4) is 0 Å². The fourth-order valence-electron chi connectivity index (χ4n) is 1.85. The molecule has 2 unspecified atom stereocenters. The van der Waals surface area contributed by atoms with E-state index in [4.69, 9.17) is 5.73 Å². The van der Waals surface area contributed by atoms with Crippen molar-refractivity contribution in [1.82, 2.24) is 4.90 Å². The predicted molar refractivity (Wildman–Crippen MR) is 58.7 cm³/mol. The topological polar surface area (TPSA) is 86.8 Å². The van der Waals surface area contributed by atoms with Gasteiger partial charge in [-0.25, -0.2) is 8.78 Å². The summed E-state index contributed by atoms with van der Waals surface area (Å²) in [7, 11) is 0. The van der Waals surface area contributed by atoms with Crippen LogP contribution in [0.15, 0.2) is 12.1 Å². The molecule has 1 aliphatic heterocycles. The fourth-order valence-corrected chi connectivity index (χ4v) is 1.85. The number of anilines is 1. The number of nitrogens with two attached hydrogens (primary N) is 1. The number of nitrogen functional groups attached to an aromatic ring is 1. The number of aliphatic hydroxyl groups is 2. The van der Waals surface area contributed by atoms with Crippen molar-refractivity contribution >= 4 is 11.6 Å². The van der Waals surface area contributed by atoms with E-state index in [1.54, 1.807) is 0 Å². The summed E-state index contributed by atoms with van der Waals surface area (Å²) in [5.41, 5.74) is 5.08. The number of amides is 1. The Morgan fingerprint density at radius 3 is 2.28 bits per heavy atom. The van der Waals surface area contributed by atoms with Crippen molar-refractivity contribution in [2.24, 2.45) is 0 Å². The molecule has 0 aliphatic carbocycles. The summed E-state index contributed by atoms with van der Waals surface area (Å²) in [5, 5.41) is 18.6. The molecule has 98 valence electrons. The second-order valence-electron chi connectivity index (χ2n) is 4.20. The van der Waals surface area contributed by atoms with Gasteiger partial charge in [-0.15, -0.1) is 0 Å². The van der Waals surface area contributed by atoms with E-state index < -0.39 is 29.7 Å². The van der Waals surface area contributed by atoms with Crippen LogP contribution in [0.25, 0.3) is 0 Å². The highest BCUT2D eigenvalue weighted by atomic mass is 19.2. The van der Waals surface area contributed by atoms with Crippen LogP contribution >= 0.6 is 0 Å². The summed E-state index contributed by atoms with van der Waals surface area (Å²) in [5.74, 6) is -2.96. The monoisotopic (exact) mass is 258 g/mol. The molecule has 1 heterocycles. The number of carbonyl (C=O) groups is 1. The van der Waals surface area contributed by atoms with Crippen LogP contribution in [-0.2, 0) is 0 Å². The summed E-state index contributed by atoms with van der Waals surface area (Å²) < 4.78 is 25.9. The number of rotatable bonds is 1. The molecule has 0 spiro atoms. The molecule has 1 aromatic carbocycles. The first-order valence-corrected chi connectivity index (χ1v) is 5.30. The highest BCUT2D eigenvalue weighted by molar-refractivity contribution is 5.99. The van der Waals surface area contributed by atoms with E-state index in [1.165, 1.54) is 0 Å². The lowest BCUT2D eigenvalue weighted by Crippen LogP contribution is -2.30. The molecule has 1 aromatic rings. The molecule has 4 N–H and O–H groups in total. The van der Waals surface area contributed by atoms with Gasteiger partial charge in [0.2, 0.25) is 0 Å². The van der Waals surface area contributed by atoms with Crippen molar-refractivity contribution in [3.63, 3.8) is 0 Å². The molecule has 1 amide bonds.